The van der Waals surface area contributed by atoms with E-state index >= 15 is 4.39 Å². The molecule has 7 heteroatoms. The van der Waals surface area contributed by atoms with Crippen LogP contribution >= 0.6 is 0 Å². The van der Waals surface area contributed by atoms with Gasteiger partial charge in [-0.25, -0.2) is 15.4 Å². The zero-order valence-corrected chi connectivity index (χ0v) is 22.6. The number of aliphatic hydroxyl groups is 1. The van der Waals surface area contributed by atoms with Crippen LogP contribution in [0.25, 0.3) is 11.1 Å². The predicted molar refractivity (Wildman–Crippen MR) is 149 cm³/mol. The second-order valence-corrected chi connectivity index (χ2v) is 11.4. The number of hydrogen-bond acceptors (Lipinski definition) is 5. The minimum Gasteiger partial charge on any atom is -0.486 e. The highest BCUT2D eigenvalue weighted by Gasteiger charge is 2.31. The van der Waals surface area contributed by atoms with Gasteiger partial charge in [0.25, 0.3) is 0 Å². The molecule has 0 aromatic heterocycles. The average Bonchev–Trinajstić information content (AvgIpc) is 3.59. The molecule has 3 aromatic carbocycles. The summed E-state index contributed by atoms with van der Waals surface area (Å²) in [5, 5.41) is 15.4. The van der Waals surface area contributed by atoms with Crippen molar-refractivity contribution in [3.63, 3.8) is 0 Å². The molecule has 200 valence electrons. The van der Waals surface area contributed by atoms with Gasteiger partial charge in [-0.15, -0.1) is 5.10 Å². The number of fused-ring (bicyclic) bond motifs is 1. The topological polar surface area (TPSA) is 97.1 Å². The minimum atomic E-state index is -1.00. The summed E-state index contributed by atoms with van der Waals surface area (Å²) in [5.74, 6) is 7.43. The number of benzene rings is 3. The molecule has 0 bridgehead atoms. The summed E-state index contributed by atoms with van der Waals surface area (Å²) in [6.07, 6.45) is 3.69. The van der Waals surface area contributed by atoms with E-state index in [-0.39, 0.29) is 24.3 Å². The Bertz CT molecular complexity index is 1350. The first-order valence-corrected chi connectivity index (χ1v) is 13.3. The van der Waals surface area contributed by atoms with Crippen LogP contribution in [0, 0.1) is 19.7 Å². The van der Waals surface area contributed by atoms with Gasteiger partial charge in [-0.2, -0.15) is 0 Å². The molecule has 2 aliphatic rings. The van der Waals surface area contributed by atoms with Gasteiger partial charge >= 0.3 is 0 Å². The number of nitrogens with zero attached hydrogens (tertiary/aromatic N) is 2. The molecule has 1 unspecified atom stereocenters. The van der Waals surface area contributed by atoms with Crippen LogP contribution in [0.15, 0.2) is 53.6 Å². The normalized spacial score (nSPS) is 17.4. The van der Waals surface area contributed by atoms with Crippen LogP contribution in [0.1, 0.15) is 78.5 Å². The molecule has 0 amide bonds. The van der Waals surface area contributed by atoms with Crippen molar-refractivity contribution in [2.24, 2.45) is 16.7 Å². The first-order chi connectivity index (χ1) is 18.0. The Labute approximate surface area is 224 Å². The molecular weight excluding hydrogens is 479 g/mol. The third kappa shape index (κ3) is 5.54. The van der Waals surface area contributed by atoms with E-state index in [1.807, 2.05) is 44.2 Å². The quantitative estimate of drug-likeness (QED) is 0.156. The molecule has 2 aliphatic carbocycles. The summed E-state index contributed by atoms with van der Waals surface area (Å²) in [6.45, 7) is 7.50. The number of nitrogens with two attached hydrogens (primary N) is 2. The summed E-state index contributed by atoms with van der Waals surface area (Å²) >= 11 is 0. The van der Waals surface area contributed by atoms with Crippen LogP contribution in [0.3, 0.4) is 0 Å². The molecule has 6 nitrogen and oxygen atoms in total. The lowest BCUT2D eigenvalue weighted by molar-refractivity contribution is 0.0371. The van der Waals surface area contributed by atoms with Crippen LogP contribution in [0.4, 0.5) is 4.39 Å². The summed E-state index contributed by atoms with van der Waals surface area (Å²) in [7, 11) is 0. The van der Waals surface area contributed by atoms with Gasteiger partial charge < -0.3 is 15.6 Å². The Morgan fingerprint density at radius 3 is 2.34 bits per heavy atom. The molecule has 0 aliphatic heterocycles. The van der Waals surface area contributed by atoms with E-state index in [1.54, 1.807) is 19.9 Å². The van der Waals surface area contributed by atoms with E-state index in [0.717, 1.165) is 57.1 Å². The van der Waals surface area contributed by atoms with Crippen molar-refractivity contribution < 1.29 is 14.2 Å². The third-order valence-electron chi connectivity index (χ3n) is 7.37. The first kappa shape index (κ1) is 26.2. The zero-order chi connectivity index (χ0) is 27.2. The molecule has 1 saturated carbocycles. The highest BCUT2D eigenvalue weighted by Crippen LogP contribution is 2.44. The Morgan fingerprint density at radius 1 is 1.08 bits per heavy atom. The third-order valence-corrected chi connectivity index (χ3v) is 7.37. The number of halogens is 1. The van der Waals surface area contributed by atoms with E-state index in [2.05, 4.69) is 17.2 Å². The summed E-state index contributed by atoms with van der Waals surface area (Å²) < 4.78 is 21.5. The maximum Gasteiger partial charge on any atom is 0.152 e. The molecular formula is C31H37FN4O2. The molecule has 38 heavy (non-hydrogen) atoms. The van der Waals surface area contributed by atoms with E-state index in [0.29, 0.717) is 11.5 Å². The van der Waals surface area contributed by atoms with Crippen molar-refractivity contribution >= 4 is 5.84 Å². The highest BCUT2D eigenvalue weighted by molar-refractivity contribution is 5.98. The van der Waals surface area contributed by atoms with Crippen LogP contribution in [0.5, 0.6) is 5.75 Å². The summed E-state index contributed by atoms with van der Waals surface area (Å²) in [5.41, 5.74) is 13.1. The van der Waals surface area contributed by atoms with Gasteiger partial charge in [0.15, 0.2) is 5.84 Å². The number of amidine groups is 1. The summed E-state index contributed by atoms with van der Waals surface area (Å²) in [4.78, 5) is 0. The Hall–Kier alpha value is -3.42. The van der Waals surface area contributed by atoms with E-state index in [9.17, 15) is 5.11 Å². The lowest BCUT2D eigenvalue weighted by atomic mass is 9.89. The van der Waals surface area contributed by atoms with Crippen molar-refractivity contribution in [3.8, 4) is 16.9 Å². The van der Waals surface area contributed by atoms with Crippen molar-refractivity contribution in [2.45, 2.75) is 71.0 Å². The first-order valence-electron chi connectivity index (χ1n) is 13.3. The lowest BCUT2D eigenvalue weighted by Gasteiger charge is -2.23. The fourth-order valence-corrected chi connectivity index (χ4v) is 5.59. The highest BCUT2D eigenvalue weighted by atomic mass is 19.1. The van der Waals surface area contributed by atoms with Gasteiger partial charge in [-0.1, -0.05) is 18.2 Å². The SMILES string of the molecule is Cc1cc(/C(N)=N/N(N)CC(C)(C)O)cc(C)c1-c1ccc(F)c2c1CCC2Oc1ccc(C2CC2)cc1. The second-order valence-electron chi connectivity index (χ2n) is 11.4. The van der Waals surface area contributed by atoms with Crippen molar-refractivity contribution in [1.82, 2.24) is 5.12 Å². The van der Waals surface area contributed by atoms with Gasteiger partial charge in [0.05, 0.1) is 12.1 Å². The largest absolute Gasteiger partial charge is 0.486 e. The van der Waals surface area contributed by atoms with Crippen LogP contribution < -0.4 is 16.3 Å². The van der Waals surface area contributed by atoms with E-state index < -0.39 is 5.60 Å². The fourth-order valence-electron chi connectivity index (χ4n) is 5.59. The molecule has 5 rings (SSSR count). The van der Waals surface area contributed by atoms with Gasteiger partial charge in [-0.3, -0.25) is 0 Å². The Balaban J connectivity index is 1.42. The molecule has 3 aromatic rings. The van der Waals surface area contributed by atoms with Gasteiger partial charge in [0.2, 0.25) is 0 Å². The van der Waals surface area contributed by atoms with Gasteiger partial charge in [0, 0.05) is 11.1 Å². The molecule has 0 saturated heterocycles. The van der Waals surface area contributed by atoms with Crippen molar-refractivity contribution in [1.29, 1.82) is 0 Å². The maximum atomic E-state index is 15.2. The maximum absolute atomic E-state index is 15.2. The number of aryl methyl sites for hydroxylation is 2. The zero-order valence-electron chi connectivity index (χ0n) is 22.6. The smallest absolute Gasteiger partial charge is 0.152 e. The lowest BCUT2D eigenvalue weighted by Crippen LogP contribution is -2.41. The van der Waals surface area contributed by atoms with Crippen LogP contribution in [-0.4, -0.2) is 28.2 Å². The van der Waals surface area contributed by atoms with Gasteiger partial charge in [-0.05, 0) is 123 Å². The number of hydrogen-bond donors (Lipinski definition) is 3. The fraction of sp³-hybridized carbons (Fsp3) is 0.387. The van der Waals surface area contributed by atoms with Crippen molar-refractivity contribution in [3.05, 3.63) is 87.7 Å². The van der Waals surface area contributed by atoms with Crippen LogP contribution in [-0.2, 0) is 6.42 Å². The molecule has 0 radical (unpaired) electrons. The number of hydrazone groups is 1. The molecule has 5 N–H and O–H groups in total. The van der Waals surface area contributed by atoms with Crippen molar-refractivity contribution in [2.75, 3.05) is 6.54 Å². The molecule has 0 heterocycles. The number of ether oxygens (including phenoxy) is 1. The molecule has 1 fully saturated rings. The minimum absolute atomic E-state index is 0.138. The average molecular weight is 517 g/mol. The predicted octanol–water partition coefficient (Wildman–Crippen LogP) is 5.62. The van der Waals surface area contributed by atoms with Gasteiger partial charge in [0.1, 0.15) is 17.7 Å². The van der Waals surface area contributed by atoms with E-state index in [1.165, 1.54) is 18.4 Å². The number of rotatable bonds is 8. The monoisotopic (exact) mass is 516 g/mol. The van der Waals surface area contributed by atoms with Crippen LogP contribution in [0.2, 0.25) is 0 Å². The molecule has 0 spiro atoms. The number of hydrazine groups is 1. The Kier molecular flexibility index (Phi) is 6.92. The summed E-state index contributed by atoms with van der Waals surface area (Å²) in [6, 6.07) is 15.7. The molecule has 1 atom stereocenters. The Morgan fingerprint density at radius 2 is 1.74 bits per heavy atom. The second kappa shape index (κ2) is 10.0. The van der Waals surface area contributed by atoms with E-state index in [4.69, 9.17) is 16.3 Å². The standard InChI is InChI=1S/C31H37FN4O2/c1-18-15-22(30(33)35-36(34)17-31(3,4)37)16-19(2)28(18)24-11-13-26(32)29-25(24)12-14-27(29)38-23-9-7-21(8-10-23)20-5-6-20/h7-11,13,15-16,20,27,37H,5-6,12,14,17,34H2,1-4H3,(H2,33,35).